The Morgan fingerprint density at radius 2 is 2.07 bits per heavy atom. The van der Waals surface area contributed by atoms with E-state index in [1.54, 1.807) is 23.1 Å². The van der Waals surface area contributed by atoms with E-state index < -0.39 is 0 Å². The molecule has 2 aromatic rings. The van der Waals surface area contributed by atoms with Crippen molar-refractivity contribution >= 4 is 34.8 Å². The Balaban J connectivity index is 2.60. The second-order valence-corrected chi connectivity index (χ2v) is 4.10. The Morgan fingerprint density at radius 3 is 2.67 bits per heavy atom. The average Bonchev–Trinajstić information content (AvgIpc) is 2.64. The maximum absolute atomic E-state index is 6.09. The molecule has 1 heterocycles. The van der Waals surface area contributed by atoms with Gasteiger partial charge in [-0.15, -0.1) is 11.6 Å². The van der Waals surface area contributed by atoms with Crippen LogP contribution in [0.15, 0.2) is 30.6 Å². The highest BCUT2D eigenvalue weighted by Gasteiger charge is 2.09. The van der Waals surface area contributed by atoms with Crippen LogP contribution in [0.1, 0.15) is 5.56 Å². The SMILES string of the molecule is ClCc1cccc(Cl)c1-n1cc(Cl)cn1. The zero-order chi connectivity index (χ0) is 10.8. The van der Waals surface area contributed by atoms with Gasteiger partial charge in [-0.3, -0.25) is 0 Å². The van der Waals surface area contributed by atoms with Crippen LogP contribution in [0.4, 0.5) is 0 Å². The second kappa shape index (κ2) is 4.44. The van der Waals surface area contributed by atoms with Gasteiger partial charge in [0.2, 0.25) is 0 Å². The molecule has 0 bridgehead atoms. The quantitative estimate of drug-likeness (QED) is 0.749. The first-order valence-electron chi connectivity index (χ1n) is 4.26. The molecule has 0 aliphatic rings. The lowest BCUT2D eigenvalue weighted by Crippen LogP contribution is -1.99. The fraction of sp³-hybridized carbons (Fsp3) is 0.100. The summed E-state index contributed by atoms with van der Waals surface area (Å²) in [6.07, 6.45) is 3.25. The topological polar surface area (TPSA) is 17.8 Å². The fourth-order valence-electron chi connectivity index (χ4n) is 1.35. The third kappa shape index (κ3) is 2.12. The molecule has 0 fully saturated rings. The van der Waals surface area contributed by atoms with Crippen molar-refractivity contribution in [1.29, 1.82) is 0 Å². The number of hydrogen-bond donors (Lipinski definition) is 0. The summed E-state index contributed by atoms with van der Waals surface area (Å²) in [6.45, 7) is 0. The average molecular weight is 262 g/mol. The third-order valence-electron chi connectivity index (χ3n) is 1.99. The molecule has 0 saturated heterocycles. The van der Waals surface area contributed by atoms with Crippen molar-refractivity contribution in [2.24, 2.45) is 0 Å². The molecule has 1 aromatic heterocycles. The van der Waals surface area contributed by atoms with Crippen LogP contribution < -0.4 is 0 Å². The van der Waals surface area contributed by atoms with Gasteiger partial charge in [0.25, 0.3) is 0 Å². The number of hydrogen-bond acceptors (Lipinski definition) is 1. The predicted octanol–water partition coefficient (Wildman–Crippen LogP) is 3.92. The molecule has 15 heavy (non-hydrogen) atoms. The van der Waals surface area contributed by atoms with Crippen molar-refractivity contribution in [3.8, 4) is 5.69 Å². The summed E-state index contributed by atoms with van der Waals surface area (Å²) < 4.78 is 1.63. The summed E-state index contributed by atoms with van der Waals surface area (Å²) in [5.74, 6) is 0.382. The van der Waals surface area contributed by atoms with Crippen LogP contribution in [0.5, 0.6) is 0 Å². The first kappa shape index (κ1) is 10.8. The van der Waals surface area contributed by atoms with Crippen LogP contribution >= 0.6 is 34.8 Å². The molecule has 0 spiro atoms. The van der Waals surface area contributed by atoms with Crippen molar-refractivity contribution < 1.29 is 0 Å². The number of alkyl halides is 1. The van der Waals surface area contributed by atoms with Crippen molar-refractivity contribution in [3.63, 3.8) is 0 Å². The van der Waals surface area contributed by atoms with E-state index in [0.29, 0.717) is 15.9 Å². The van der Waals surface area contributed by atoms with E-state index in [1.165, 1.54) is 0 Å². The minimum absolute atomic E-state index is 0.382. The minimum atomic E-state index is 0.382. The summed E-state index contributed by atoms with van der Waals surface area (Å²) in [6, 6.07) is 5.56. The predicted molar refractivity (Wildman–Crippen MR) is 63.1 cm³/mol. The minimum Gasteiger partial charge on any atom is -0.238 e. The fourth-order valence-corrected chi connectivity index (χ4v) is 1.98. The zero-order valence-electron chi connectivity index (χ0n) is 7.62. The van der Waals surface area contributed by atoms with E-state index in [9.17, 15) is 0 Å². The lowest BCUT2D eigenvalue weighted by Gasteiger charge is -2.08. The van der Waals surface area contributed by atoms with E-state index in [-0.39, 0.29) is 0 Å². The van der Waals surface area contributed by atoms with Gasteiger partial charge in [0.05, 0.1) is 21.9 Å². The van der Waals surface area contributed by atoms with Crippen LogP contribution in [0.25, 0.3) is 5.69 Å². The van der Waals surface area contributed by atoms with Gasteiger partial charge < -0.3 is 0 Å². The van der Waals surface area contributed by atoms with Gasteiger partial charge in [-0.25, -0.2) is 4.68 Å². The van der Waals surface area contributed by atoms with Gasteiger partial charge in [-0.1, -0.05) is 35.3 Å². The van der Waals surface area contributed by atoms with Crippen LogP contribution in [0.3, 0.4) is 0 Å². The largest absolute Gasteiger partial charge is 0.238 e. The summed E-state index contributed by atoms with van der Waals surface area (Å²) in [7, 11) is 0. The van der Waals surface area contributed by atoms with Crippen molar-refractivity contribution in [3.05, 3.63) is 46.2 Å². The Labute approximate surface area is 102 Å². The zero-order valence-corrected chi connectivity index (χ0v) is 9.89. The Kier molecular flexibility index (Phi) is 3.19. The molecule has 0 radical (unpaired) electrons. The highest BCUT2D eigenvalue weighted by Crippen LogP contribution is 2.26. The normalized spacial score (nSPS) is 10.6. The van der Waals surface area contributed by atoms with E-state index in [2.05, 4.69) is 5.10 Å². The smallest absolute Gasteiger partial charge is 0.0876 e. The molecule has 0 saturated carbocycles. The molecule has 0 aliphatic carbocycles. The molecule has 2 rings (SSSR count). The number of nitrogens with zero attached hydrogens (tertiary/aromatic N) is 2. The van der Waals surface area contributed by atoms with Crippen LogP contribution in [-0.4, -0.2) is 9.78 Å². The Morgan fingerprint density at radius 1 is 1.27 bits per heavy atom. The van der Waals surface area contributed by atoms with Crippen LogP contribution in [0.2, 0.25) is 10.0 Å². The monoisotopic (exact) mass is 260 g/mol. The second-order valence-electron chi connectivity index (χ2n) is 2.98. The first-order valence-corrected chi connectivity index (χ1v) is 5.55. The van der Waals surface area contributed by atoms with E-state index in [0.717, 1.165) is 11.3 Å². The summed E-state index contributed by atoms with van der Waals surface area (Å²) >= 11 is 17.7. The number of benzene rings is 1. The highest BCUT2D eigenvalue weighted by molar-refractivity contribution is 6.33. The van der Waals surface area contributed by atoms with E-state index >= 15 is 0 Å². The lowest BCUT2D eigenvalue weighted by atomic mass is 10.2. The van der Waals surface area contributed by atoms with Crippen molar-refractivity contribution in [2.45, 2.75) is 5.88 Å². The Bertz CT molecular complexity index is 479. The van der Waals surface area contributed by atoms with E-state index in [4.69, 9.17) is 34.8 Å². The molecule has 0 N–H and O–H groups in total. The van der Waals surface area contributed by atoms with Gasteiger partial charge >= 0.3 is 0 Å². The van der Waals surface area contributed by atoms with Gasteiger partial charge in [-0.2, -0.15) is 5.10 Å². The van der Waals surface area contributed by atoms with Gasteiger partial charge in [0, 0.05) is 12.1 Å². The molecular weight excluding hydrogens is 254 g/mol. The third-order valence-corrected chi connectivity index (χ3v) is 2.78. The van der Waals surface area contributed by atoms with Gasteiger partial charge in [0.15, 0.2) is 0 Å². The molecule has 0 unspecified atom stereocenters. The lowest BCUT2D eigenvalue weighted by molar-refractivity contribution is 0.871. The molecule has 5 heteroatoms. The number of aromatic nitrogens is 2. The molecule has 0 amide bonds. The first-order chi connectivity index (χ1) is 7.22. The standard InChI is InChI=1S/C10H7Cl3N2/c11-4-7-2-1-3-9(13)10(7)15-6-8(12)5-14-15/h1-3,5-6H,4H2. The molecule has 2 nitrogen and oxygen atoms in total. The maximum atomic E-state index is 6.09. The maximum Gasteiger partial charge on any atom is 0.0876 e. The number of rotatable bonds is 2. The molecule has 0 atom stereocenters. The number of halogens is 3. The van der Waals surface area contributed by atoms with E-state index in [1.807, 2.05) is 12.1 Å². The van der Waals surface area contributed by atoms with Crippen LogP contribution in [-0.2, 0) is 5.88 Å². The van der Waals surface area contributed by atoms with Gasteiger partial charge in [-0.05, 0) is 11.6 Å². The Hall–Kier alpha value is -0.700. The molecule has 1 aromatic carbocycles. The summed E-state index contributed by atoms with van der Waals surface area (Å²) in [5.41, 5.74) is 1.70. The number of para-hydroxylation sites is 1. The molecule has 78 valence electrons. The van der Waals surface area contributed by atoms with Crippen LogP contribution in [0, 0.1) is 0 Å². The van der Waals surface area contributed by atoms with Crippen molar-refractivity contribution in [2.75, 3.05) is 0 Å². The molecular formula is C10H7Cl3N2. The van der Waals surface area contributed by atoms with Crippen molar-refractivity contribution in [1.82, 2.24) is 9.78 Å². The van der Waals surface area contributed by atoms with Gasteiger partial charge in [0.1, 0.15) is 0 Å². The highest BCUT2D eigenvalue weighted by atomic mass is 35.5. The molecule has 0 aliphatic heterocycles. The summed E-state index contributed by atoms with van der Waals surface area (Å²) in [4.78, 5) is 0. The summed E-state index contributed by atoms with van der Waals surface area (Å²) in [5, 5.41) is 5.27.